The maximum Gasteiger partial charge on any atom is 0.217 e. The van der Waals surface area contributed by atoms with Crippen molar-refractivity contribution in [1.82, 2.24) is 19.9 Å². The number of aromatic nitrogens is 3. The molecule has 0 aliphatic heterocycles. The average Bonchev–Trinajstić information content (AvgIpc) is 2.85. The molecular weight excluding hydrogens is 226 g/mol. The molecule has 5 heteroatoms. The third kappa shape index (κ3) is 2.73. The number of nitrogens with one attached hydrogen (secondary N) is 1. The minimum Gasteiger partial charge on any atom is -0.310 e. The van der Waals surface area contributed by atoms with Crippen molar-refractivity contribution in [3.63, 3.8) is 0 Å². The van der Waals surface area contributed by atoms with Gasteiger partial charge in [-0.25, -0.2) is 4.98 Å². The van der Waals surface area contributed by atoms with E-state index in [1.54, 1.807) is 23.2 Å². The van der Waals surface area contributed by atoms with Crippen molar-refractivity contribution in [2.45, 2.75) is 26.4 Å². The quantitative estimate of drug-likeness (QED) is 0.883. The third-order valence-corrected chi connectivity index (χ3v) is 2.51. The van der Waals surface area contributed by atoms with Gasteiger partial charge >= 0.3 is 0 Å². The van der Waals surface area contributed by atoms with Gasteiger partial charge < -0.3 is 5.32 Å². The summed E-state index contributed by atoms with van der Waals surface area (Å²) in [7, 11) is 0. The van der Waals surface area contributed by atoms with E-state index in [0.717, 1.165) is 17.8 Å². The van der Waals surface area contributed by atoms with Gasteiger partial charge in [0.25, 0.3) is 0 Å². The summed E-state index contributed by atoms with van der Waals surface area (Å²) in [4.78, 5) is 8.17. The normalized spacial score (nSPS) is 10.6. The highest BCUT2D eigenvalue weighted by Gasteiger charge is 2.05. The minimum atomic E-state index is 0.366. The zero-order chi connectivity index (χ0) is 13.0. The maximum atomic E-state index is 8.95. The fourth-order valence-electron chi connectivity index (χ4n) is 1.62. The van der Waals surface area contributed by atoms with E-state index in [-0.39, 0.29) is 0 Å². The van der Waals surface area contributed by atoms with Gasteiger partial charge in [-0.15, -0.1) is 0 Å². The second kappa shape index (κ2) is 5.43. The number of imidazole rings is 1. The van der Waals surface area contributed by atoms with Gasteiger partial charge in [0.2, 0.25) is 5.82 Å². The predicted octanol–water partition coefficient (Wildman–Crippen LogP) is 1.64. The van der Waals surface area contributed by atoms with Gasteiger partial charge in [0.15, 0.2) is 0 Å². The molecule has 0 saturated carbocycles. The monoisotopic (exact) mass is 241 g/mol. The lowest BCUT2D eigenvalue weighted by atomic mass is 10.2. The first kappa shape index (κ1) is 12.3. The highest BCUT2D eigenvalue weighted by molar-refractivity contribution is 5.36. The number of nitriles is 1. The molecule has 1 N–H and O–H groups in total. The van der Waals surface area contributed by atoms with Crippen LogP contribution in [0.15, 0.2) is 30.9 Å². The van der Waals surface area contributed by atoms with E-state index in [1.165, 1.54) is 0 Å². The fourth-order valence-corrected chi connectivity index (χ4v) is 1.62. The lowest BCUT2D eigenvalue weighted by molar-refractivity contribution is 0.588. The molecule has 5 nitrogen and oxygen atoms in total. The molecule has 2 heterocycles. The Morgan fingerprint density at radius 2 is 2.28 bits per heavy atom. The van der Waals surface area contributed by atoms with Crippen LogP contribution in [-0.4, -0.2) is 20.6 Å². The molecule has 18 heavy (non-hydrogen) atoms. The molecule has 92 valence electrons. The predicted molar refractivity (Wildman–Crippen MR) is 68.0 cm³/mol. The van der Waals surface area contributed by atoms with Crippen LogP contribution in [0.3, 0.4) is 0 Å². The Bertz CT molecular complexity index is 565. The summed E-state index contributed by atoms with van der Waals surface area (Å²) >= 11 is 0. The van der Waals surface area contributed by atoms with Crippen LogP contribution < -0.4 is 5.32 Å². The largest absolute Gasteiger partial charge is 0.310 e. The summed E-state index contributed by atoms with van der Waals surface area (Å²) in [5.41, 5.74) is 1.94. The molecule has 0 radical (unpaired) electrons. The summed E-state index contributed by atoms with van der Waals surface area (Å²) in [6, 6.07) is 4.48. The molecule has 0 fully saturated rings. The molecule has 2 aromatic heterocycles. The topological polar surface area (TPSA) is 66.5 Å². The van der Waals surface area contributed by atoms with E-state index in [9.17, 15) is 0 Å². The summed E-state index contributed by atoms with van der Waals surface area (Å²) in [5, 5.41) is 12.3. The van der Waals surface area contributed by atoms with Crippen LogP contribution in [0.1, 0.15) is 25.2 Å². The van der Waals surface area contributed by atoms with Crippen molar-refractivity contribution >= 4 is 0 Å². The summed E-state index contributed by atoms with van der Waals surface area (Å²) in [5.74, 6) is 0.366. The summed E-state index contributed by atoms with van der Waals surface area (Å²) in [6.07, 6.45) is 6.91. The van der Waals surface area contributed by atoms with Gasteiger partial charge in [-0.2, -0.15) is 5.26 Å². The van der Waals surface area contributed by atoms with Crippen molar-refractivity contribution in [3.8, 4) is 11.8 Å². The molecule has 0 saturated heterocycles. The first-order valence-electron chi connectivity index (χ1n) is 5.82. The van der Waals surface area contributed by atoms with Crippen LogP contribution in [0, 0.1) is 11.3 Å². The van der Waals surface area contributed by atoms with E-state index in [1.807, 2.05) is 12.3 Å². The summed E-state index contributed by atoms with van der Waals surface area (Å²) in [6.45, 7) is 4.96. The van der Waals surface area contributed by atoms with Crippen LogP contribution in [0.25, 0.3) is 5.69 Å². The van der Waals surface area contributed by atoms with E-state index >= 15 is 0 Å². The molecule has 0 atom stereocenters. The Morgan fingerprint density at radius 3 is 3.00 bits per heavy atom. The van der Waals surface area contributed by atoms with Crippen LogP contribution >= 0.6 is 0 Å². The summed E-state index contributed by atoms with van der Waals surface area (Å²) < 4.78 is 1.73. The molecule has 0 unspecified atom stereocenters. The second-order valence-electron chi connectivity index (χ2n) is 4.32. The minimum absolute atomic E-state index is 0.366. The third-order valence-electron chi connectivity index (χ3n) is 2.51. The molecule has 0 aliphatic rings. The lowest BCUT2D eigenvalue weighted by Crippen LogP contribution is -2.22. The molecule has 2 aromatic rings. The molecule has 0 spiro atoms. The lowest BCUT2D eigenvalue weighted by Gasteiger charge is -2.09. The Balaban J connectivity index is 2.25. The first-order chi connectivity index (χ1) is 8.70. The second-order valence-corrected chi connectivity index (χ2v) is 4.32. The van der Waals surface area contributed by atoms with Gasteiger partial charge in [-0.3, -0.25) is 9.55 Å². The van der Waals surface area contributed by atoms with E-state index in [2.05, 4.69) is 35.2 Å². The number of hydrogen-bond acceptors (Lipinski definition) is 4. The number of rotatable bonds is 4. The maximum absolute atomic E-state index is 8.95. The molecule has 2 rings (SSSR count). The highest BCUT2D eigenvalue weighted by Crippen LogP contribution is 2.11. The Hall–Kier alpha value is -2.19. The smallest absolute Gasteiger partial charge is 0.217 e. The van der Waals surface area contributed by atoms with Gasteiger partial charge in [-0.1, -0.05) is 13.8 Å². The number of hydrogen-bond donors (Lipinski definition) is 1. The Kier molecular flexibility index (Phi) is 3.70. The molecule has 0 aliphatic carbocycles. The van der Waals surface area contributed by atoms with Crippen LogP contribution in [0.2, 0.25) is 0 Å². The first-order valence-corrected chi connectivity index (χ1v) is 5.82. The Morgan fingerprint density at radius 1 is 1.44 bits per heavy atom. The van der Waals surface area contributed by atoms with E-state index < -0.39 is 0 Å². The standard InChI is InChI=1S/C13H15N5/c1-10(2)17-8-11-5-12(9-15-7-11)18-4-3-16-13(18)6-14/h3-5,7,9-10,17H,8H2,1-2H3. The number of nitrogens with zero attached hydrogens (tertiary/aromatic N) is 4. The molecule has 0 bridgehead atoms. The zero-order valence-electron chi connectivity index (χ0n) is 10.5. The van der Waals surface area contributed by atoms with Crippen molar-refractivity contribution in [1.29, 1.82) is 5.26 Å². The van der Waals surface area contributed by atoms with E-state index in [4.69, 9.17) is 5.26 Å². The molecule has 0 aromatic carbocycles. The molecular formula is C13H15N5. The van der Waals surface area contributed by atoms with Gasteiger partial charge in [0.1, 0.15) is 6.07 Å². The van der Waals surface area contributed by atoms with Crippen molar-refractivity contribution < 1.29 is 0 Å². The van der Waals surface area contributed by atoms with Crippen molar-refractivity contribution in [3.05, 3.63) is 42.2 Å². The van der Waals surface area contributed by atoms with Crippen molar-refractivity contribution in [2.24, 2.45) is 0 Å². The Labute approximate surface area is 106 Å². The van der Waals surface area contributed by atoms with E-state index in [0.29, 0.717) is 11.9 Å². The zero-order valence-corrected chi connectivity index (χ0v) is 10.5. The average molecular weight is 241 g/mol. The van der Waals surface area contributed by atoms with Crippen LogP contribution in [0.4, 0.5) is 0 Å². The van der Waals surface area contributed by atoms with Gasteiger partial charge in [0, 0.05) is 31.2 Å². The van der Waals surface area contributed by atoms with Gasteiger partial charge in [0.05, 0.1) is 11.9 Å². The molecule has 0 amide bonds. The SMILES string of the molecule is CC(C)NCc1cncc(-n2ccnc2C#N)c1. The highest BCUT2D eigenvalue weighted by atomic mass is 15.1. The number of pyridine rings is 1. The van der Waals surface area contributed by atoms with Gasteiger partial charge in [-0.05, 0) is 11.6 Å². The fraction of sp³-hybridized carbons (Fsp3) is 0.308. The van der Waals surface area contributed by atoms with Crippen LogP contribution in [0.5, 0.6) is 0 Å². The van der Waals surface area contributed by atoms with Crippen LogP contribution in [-0.2, 0) is 6.54 Å². The van der Waals surface area contributed by atoms with Crippen molar-refractivity contribution in [2.75, 3.05) is 0 Å².